The molecule has 0 atom stereocenters. The van der Waals surface area contributed by atoms with E-state index < -0.39 is 11.6 Å². The minimum Gasteiger partial charge on any atom is -0.207 e. The Morgan fingerprint density at radius 3 is 1.90 bits per heavy atom. The van der Waals surface area contributed by atoms with Crippen molar-refractivity contribution in [1.82, 2.24) is 0 Å². The average molecular weight is 439 g/mol. The summed E-state index contributed by atoms with van der Waals surface area (Å²) in [6.07, 6.45) is 0.514. The maximum Gasteiger partial charge on any atom is 0.126 e. The third-order valence-corrected chi connectivity index (χ3v) is 5.83. The molecule has 2 aromatic rings. The van der Waals surface area contributed by atoms with E-state index in [1.165, 1.54) is 12.1 Å². The topological polar surface area (TPSA) is 0 Å². The van der Waals surface area contributed by atoms with Crippen molar-refractivity contribution in [3.63, 3.8) is 0 Å². The minimum atomic E-state index is -0.556. The van der Waals surface area contributed by atoms with Gasteiger partial charge in [-0.25, -0.2) is 8.78 Å². The fraction of sp³-hybridized carbons (Fsp3) is 0.250. The summed E-state index contributed by atoms with van der Waals surface area (Å²) in [6, 6.07) is 11.2. The van der Waals surface area contributed by atoms with E-state index in [9.17, 15) is 8.78 Å². The molecular formula is C16H13Br2ClF2. The SMILES string of the molecule is Fc1cc(F)cc(CC(CBr)(CBr)c2ccc(Cl)cc2)c1. The van der Waals surface area contributed by atoms with Gasteiger partial charge in [0.25, 0.3) is 0 Å². The summed E-state index contributed by atoms with van der Waals surface area (Å²) in [7, 11) is 0. The number of benzene rings is 2. The molecule has 0 aliphatic carbocycles. The average Bonchev–Trinajstić information content (AvgIpc) is 2.45. The number of hydrogen-bond acceptors (Lipinski definition) is 0. The molecule has 0 fully saturated rings. The Balaban J connectivity index is 2.40. The monoisotopic (exact) mass is 436 g/mol. The highest BCUT2D eigenvalue weighted by molar-refractivity contribution is 9.09. The van der Waals surface area contributed by atoms with Crippen molar-refractivity contribution >= 4 is 43.5 Å². The van der Waals surface area contributed by atoms with Gasteiger partial charge in [0.1, 0.15) is 11.6 Å². The number of hydrogen-bond donors (Lipinski definition) is 0. The molecule has 0 heterocycles. The Hall–Kier alpha value is -0.450. The number of rotatable bonds is 5. The molecule has 0 N–H and O–H groups in total. The Labute approximate surface area is 144 Å². The molecule has 0 saturated heterocycles. The van der Waals surface area contributed by atoms with E-state index in [1.54, 1.807) is 0 Å². The zero-order valence-electron chi connectivity index (χ0n) is 11.1. The zero-order valence-corrected chi connectivity index (χ0v) is 15.0. The summed E-state index contributed by atoms with van der Waals surface area (Å²) in [5, 5.41) is 1.98. The van der Waals surface area contributed by atoms with Gasteiger partial charge in [-0.1, -0.05) is 55.6 Å². The molecule has 0 nitrogen and oxygen atoms in total. The van der Waals surface area contributed by atoms with Gasteiger partial charge < -0.3 is 0 Å². The molecular weight excluding hydrogens is 425 g/mol. The Morgan fingerprint density at radius 1 is 0.905 bits per heavy atom. The molecule has 21 heavy (non-hydrogen) atoms. The van der Waals surface area contributed by atoms with Crippen LogP contribution >= 0.6 is 43.5 Å². The summed E-state index contributed by atoms with van der Waals surface area (Å²) in [5.41, 5.74) is 1.39. The lowest BCUT2D eigenvalue weighted by Gasteiger charge is -2.31. The van der Waals surface area contributed by atoms with Crippen molar-refractivity contribution in [2.75, 3.05) is 10.7 Å². The predicted molar refractivity (Wildman–Crippen MR) is 90.8 cm³/mol. The molecule has 0 aromatic heterocycles. The molecule has 2 rings (SSSR count). The summed E-state index contributed by atoms with van der Waals surface area (Å²) in [5.74, 6) is -1.11. The first-order valence-electron chi connectivity index (χ1n) is 6.32. The van der Waals surface area contributed by atoms with E-state index in [0.29, 0.717) is 27.7 Å². The summed E-state index contributed by atoms with van der Waals surface area (Å²) in [6.45, 7) is 0. The van der Waals surface area contributed by atoms with Gasteiger partial charge >= 0.3 is 0 Å². The smallest absolute Gasteiger partial charge is 0.126 e. The van der Waals surface area contributed by atoms with Crippen molar-refractivity contribution < 1.29 is 8.78 Å². The van der Waals surface area contributed by atoms with Gasteiger partial charge in [-0.3, -0.25) is 0 Å². The van der Waals surface area contributed by atoms with Crippen LogP contribution in [-0.4, -0.2) is 10.7 Å². The normalized spacial score (nSPS) is 11.7. The molecule has 0 aliphatic rings. The van der Waals surface area contributed by atoms with Gasteiger partial charge in [0.05, 0.1) is 0 Å². The first-order valence-corrected chi connectivity index (χ1v) is 8.94. The highest BCUT2D eigenvalue weighted by atomic mass is 79.9. The van der Waals surface area contributed by atoms with Crippen molar-refractivity contribution in [3.8, 4) is 0 Å². The first kappa shape index (κ1) is 16.9. The Morgan fingerprint density at radius 2 is 1.43 bits per heavy atom. The third-order valence-electron chi connectivity index (χ3n) is 3.43. The number of halogens is 5. The first-order chi connectivity index (χ1) is 9.99. The van der Waals surface area contributed by atoms with E-state index in [0.717, 1.165) is 11.6 Å². The predicted octanol–water partition coefficient (Wildman–Crippen LogP) is 5.89. The van der Waals surface area contributed by atoms with Gasteiger partial charge in [0.2, 0.25) is 0 Å². The second kappa shape index (κ2) is 7.21. The standard InChI is InChI=1S/C16H13Br2ClF2/c17-9-16(10-18,12-1-3-13(19)4-2-12)8-11-5-14(20)7-15(21)6-11/h1-7H,8-10H2. The van der Waals surface area contributed by atoms with Gasteiger partial charge in [0.15, 0.2) is 0 Å². The largest absolute Gasteiger partial charge is 0.207 e. The quantitative estimate of drug-likeness (QED) is 0.511. The zero-order chi connectivity index (χ0) is 15.5. The van der Waals surface area contributed by atoms with Crippen LogP contribution in [0.3, 0.4) is 0 Å². The highest BCUT2D eigenvalue weighted by Gasteiger charge is 2.30. The van der Waals surface area contributed by atoms with E-state index >= 15 is 0 Å². The van der Waals surface area contributed by atoms with Gasteiger partial charge in [-0.2, -0.15) is 0 Å². The minimum absolute atomic E-state index is 0.301. The van der Waals surface area contributed by atoms with Crippen LogP contribution in [0.5, 0.6) is 0 Å². The highest BCUT2D eigenvalue weighted by Crippen LogP contribution is 2.34. The van der Waals surface area contributed by atoms with Crippen molar-refractivity contribution in [2.45, 2.75) is 11.8 Å². The summed E-state index contributed by atoms with van der Waals surface area (Å²) >= 11 is 13.0. The van der Waals surface area contributed by atoms with Crippen LogP contribution < -0.4 is 0 Å². The van der Waals surface area contributed by atoms with Crippen LogP contribution in [0.25, 0.3) is 0 Å². The molecule has 0 radical (unpaired) electrons. The van der Waals surface area contributed by atoms with Gasteiger partial charge in [-0.15, -0.1) is 0 Å². The lowest BCUT2D eigenvalue weighted by molar-refractivity contribution is 0.537. The Kier molecular flexibility index (Phi) is 5.81. The van der Waals surface area contributed by atoms with Gasteiger partial charge in [-0.05, 0) is 41.8 Å². The maximum atomic E-state index is 13.4. The molecule has 2 aromatic carbocycles. The van der Waals surface area contributed by atoms with Crippen LogP contribution in [0, 0.1) is 11.6 Å². The Bertz CT molecular complexity index is 590. The van der Waals surface area contributed by atoms with Crippen LogP contribution in [0.2, 0.25) is 5.02 Å². The van der Waals surface area contributed by atoms with Crippen LogP contribution in [0.1, 0.15) is 11.1 Å². The molecule has 0 spiro atoms. The van der Waals surface area contributed by atoms with Crippen LogP contribution in [0.15, 0.2) is 42.5 Å². The molecule has 0 bridgehead atoms. The molecule has 0 amide bonds. The second-order valence-electron chi connectivity index (χ2n) is 5.01. The summed E-state index contributed by atoms with van der Waals surface area (Å²) in [4.78, 5) is 0. The van der Waals surface area contributed by atoms with E-state index in [4.69, 9.17) is 11.6 Å². The van der Waals surface area contributed by atoms with Crippen LogP contribution in [0.4, 0.5) is 8.78 Å². The summed E-state index contributed by atoms with van der Waals surface area (Å²) < 4.78 is 26.8. The lowest BCUT2D eigenvalue weighted by Crippen LogP contribution is -2.33. The van der Waals surface area contributed by atoms with Crippen LogP contribution in [-0.2, 0) is 11.8 Å². The second-order valence-corrected chi connectivity index (χ2v) is 6.57. The molecule has 0 aliphatic heterocycles. The maximum absolute atomic E-state index is 13.4. The third kappa shape index (κ3) is 4.05. The number of alkyl halides is 2. The molecule has 0 saturated carbocycles. The molecule has 5 heteroatoms. The molecule has 112 valence electrons. The van der Waals surface area contributed by atoms with Gasteiger partial charge in [0, 0.05) is 27.2 Å². The fourth-order valence-electron chi connectivity index (χ4n) is 2.29. The molecule has 0 unspecified atom stereocenters. The lowest BCUT2D eigenvalue weighted by atomic mass is 9.79. The van der Waals surface area contributed by atoms with Crippen molar-refractivity contribution in [2.24, 2.45) is 0 Å². The van der Waals surface area contributed by atoms with E-state index in [1.807, 2.05) is 24.3 Å². The van der Waals surface area contributed by atoms with E-state index in [2.05, 4.69) is 31.9 Å². The van der Waals surface area contributed by atoms with Crippen molar-refractivity contribution in [1.29, 1.82) is 0 Å². The fourth-order valence-corrected chi connectivity index (χ4v) is 4.39. The van der Waals surface area contributed by atoms with Crippen molar-refractivity contribution in [3.05, 3.63) is 70.2 Å². The van der Waals surface area contributed by atoms with E-state index in [-0.39, 0.29) is 5.41 Å².